The standard InChI is InChI=1S/C30H32N2O4/c1-7-36-24-14-13-20(16-22(24)30(4,5)6)27(33)25-26(21-11-9-15-31-17-21)32(29(35)28(25)34)23-12-8-10-18(2)19(23)3/h8-17,26,33H,7H2,1-6H3/b27-25-. The van der Waals surface area contributed by atoms with Gasteiger partial charge in [0.2, 0.25) is 0 Å². The topological polar surface area (TPSA) is 79.7 Å². The first-order valence-electron chi connectivity index (χ1n) is 12.1. The third-order valence-corrected chi connectivity index (χ3v) is 6.64. The van der Waals surface area contributed by atoms with Gasteiger partial charge in [0, 0.05) is 29.2 Å². The van der Waals surface area contributed by atoms with E-state index in [0.717, 1.165) is 22.4 Å². The molecule has 186 valence electrons. The van der Waals surface area contributed by atoms with Crippen LogP contribution in [-0.2, 0) is 15.0 Å². The summed E-state index contributed by atoms with van der Waals surface area (Å²) in [6.45, 7) is 12.5. The van der Waals surface area contributed by atoms with Gasteiger partial charge in [-0.2, -0.15) is 0 Å². The molecule has 1 aliphatic heterocycles. The normalized spacial score (nSPS) is 17.5. The Morgan fingerprint density at radius 3 is 2.47 bits per heavy atom. The highest BCUT2D eigenvalue weighted by molar-refractivity contribution is 6.51. The lowest BCUT2D eigenvalue weighted by Gasteiger charge is -2.27. The minimum Gasteiger partial charge on any atom is -0.507 e. The van der Waals surface area contributed by atoms with Crippen LogP contribution in [0.25, 0.3) is 5.76 Å². The molecule has 1 aromatic heterocycles. The summed E-state index contributed by atoms with van der Waals surface area (Å²) in [5.74, 6) is -0.903. The molecule has 1 N–H and O–H groups in total. The second-order valence-corrected chi connectivity index (χ2v) is 10.1. The summed E-state index contributed by atoms with van der Waals surface area (Å²) in [6, 6.07) is 13.8. The number of rotatable bonds is 5. The summed E-state index contributed by atoms with van der Waals surface area (Å²) in [7, 11) is 0. The zero-order valence-electron chi connectivity index (χ0n) is 21.6. The number of carbonyl (C=O) groups excluding carboxylic acids is 2. The van der Waals surface area contributed by atoms with Crippen molar-refractivity contribution in [3.8, 4) is 5.75 Å². The number of aliphatic hydroxyl groups excluding tert-OH is 1. The molecule has 36 heavy (non-hydrogen) atoms. The van der Waals surface area contributed by atoms with Gasteiger partial charge in [0.05, 0.1) is 18.2 Å². The average molecular weight is 485 g/mol. The zero-order valence-corrected chi connectivity index (χ0v) is 21.6. The van der Waals surface area contributed by atoms with Gasteiger partial charge in [-0.05, 0) is 73.2 Å². The number of aryl methyl sites for hydroxylation is 1. The van der Waals surface area contributed by atoms with Crippen molar-refractivity contribution in [1.82, 2.24) is 4.98 Å². The highest BCUT2D eigenvalue weighted by Gasteiger charge is 2.47. The number of Topliss-reactive ketones (excluding diaryl/α,β-unsaturated/α-hetero) is 1. The zero-order chi connectivity index (χ0) is 26.2. The van der Waals surface area contributed by atoms with E-state index < -0.39 is 17.7 Å². The molecule has 1 amide bonds. The summed E-state index contributed by atoms with van der Waals surface area (Å²) in [4.78, 5) is 32.6. The SMILES string of the molecule is CCOc1ccc(/C(O)=C2/C(=O)C(=O)N(c3cccc(C)c3C)C2c2cccnc2)cc1C(C)(C)C. The van der Waals surface area contributed by atoms with Crippen molar-refractivity contribution in [1.29, 1.82) is 0 Å². The monoisotopic (exact) mass is 484 g/mol. The lowest BCUT2D eigenvalue weighted by Crippen LogP contribution is -2.30. The number of benzene rings is 2. The highest BCUT2D eigenvalue weighted by Crippen LogP contribution is 2.44. The van der Waals surface area contributed by atoms with Gasteiger partial charge in [-0.15, -0.1) is 0 Å². The largest absolute Gasteiger partial charge is 0.507 e. The number of ether oxygens (including phenoxy) is 1. The fourth-order valence-corrected chi connectivity index (χ4v) is 4.63. The van der Waals surface area contributed by atoms with Crippen LogP contribution in [-0.4, -0.2) is 28.4 Å². The van der Waals surface area contributed by atoms with E-state index >= 15 is 0 Å². The van der Waals surface area contributed by atoms with Gasteiger partial charge in [-0.25, -0.2) is 0 Å². The van der Waals surface area contributed by atoms with Gasteiger partial charge in [-0.1, -0.05) is 39.0 Å². The molecule has 0 radical (unpaired) electrons. The number of aliphatic hydroxyl groups is 1. The number of hydrogen-bond donors (Lipinski definition) is 1. The summed E-state index contributed by atoms with van der Waals surface area (Å²) in [6.07, 6.45) is 3.26. The molecule has 1 saturated heterocycles. The van der Waals surface area contributed by atoms with E-state index in [-0.39, 0.29) is 16.7 Å². The van der Waals surface area contributed by atoms with Crippen molar-refractivity contribution in [3.63, 3.8) is 0 Å². The molecular formula is C30H32N2O4. The number of anilines is 1. The molecule has 0 spiro atoms. The maximum atomic E-state index is 13.5. The second-order valence-electron chi connectivity index (χ2n) is 10.1. The lowest BCUT2D eigenvalue weighted by molar-refractivity contribution is -0.132. The molecule has 4 rings (SSSR count). The Balaban J connectivity index is 1.96. The molecule has 1 fully saturated rings. The van der Waals surface area contributed by atoms with Crippen molar-refractivity contribution < 1.29 is 19.4 Å². The van der Waals surface area contributed by atoms with Gasteiger partial charge < -0.3 is 9.84 Å². The van der Waals surface area contributed by atoms with Crippen LogP contribution in [0.3, 0.4) is 0 Å². The summed E-state index contributed by atoms with van der Waals surface area (Å²) >= 11 is 0. The van der Waals surface area contributed by atoms with Crippen LogP contribution in [0, 0.1) is 13.8 Å². The molecule has 0 aliphatic carbocycles. The van der Waals surface area contributed by atoms with Crippen LogP contribution in [0.1, 0.15) is 61.6 Å². The minimum atomic E-state index is -0.816. The maximum absolute atomic E-state index is 13.5. The quantitative estimate of drug-likeness (QED) is 0.272. The number of amides is 1. The third-order valence-electron chi connectivity index (χ3n) is 6.64. The van der Waals surface area contributed by atoms with Gasteiger partial charge in [0.25, 0.3) is 11.7 Å². The molecule has 1 atom stereocenters. The van der Waals surface area contributed by atoms with Gasteiger partial charge >= 0.3 is 0 Å². The maximum Gasteiger partial charge on any atom is 0.300 e. The molecule has 1 unspecified atom stereocenters. The Labute approximate surface area is 212 Å². The smallest absolute Gasteiger partial charge is 0.300 e. The van der Waals surface area contributed by atoms with Crippen molar-refractivity contribution in [3.05, 3.63) is 94.3 Å². The van der Waals surface area contributed by atoms with E-state index in [1.807, 2.05) is 51.1 Å². The predicted molar refractivity (Wildman–Crippen MR) is 141 cm³/mol. The third kappa shape index (κ3) is 4.39. The van der Waals surface area contributed by atoms with E-state index in [1.54, 1.807) is 30.6 Å². The summed E-state index contributed by atoms with van der Waals surface area (Å²) in [5.41, 5.74) is 4.29. The van der Waals surface area contributed by atoms with Crippen LogP contribution in [0.2, 0.25) is 0 Å². The van der Waals surface area contributed by atoms with Crippen LogP contribution in [0.4, 0.5) is 5.69 Å². The number of ketones is 1. The lowest BCUT2D eigenvalue weighted by atomic mass is 9.84. The van der Waals surface area contributed by atoms with Crippen molar-refractivity contribution in [2.24, 2.45) is 0 Å². The Bertz CT molecular complexity index is 1350. The molecule has 2 heterocycles. The van der Waals surface area contributed by atoms with E-state index in [9.17, 15) is 14.7 Å². The molecule has 6 heteroatoms. The fraction of sp³-hybridized carbons (Fsp3) is 0.300. The molecular weight excluding hydrogens is 452 g/mol. The van der Waals surface area contributed by atoms with Gasteiger partial charge in [0.15, 0.2) is 0 Å². The molecule has 1 aliphatic rings. The first-order chi connectivity index (χ1) is 17.1. The number of aromatic nitrogens is 1. The Morgan fingerprint density at radius 2 is 1.83 bits per heavy atom. The first kappa shape index (κ1) is 25.2. The first-order valence-corrected chi connectivity index (χ1v) is 12.1. The van der Waals surface area contributed by atoms with E-state index in [2.05, 4.69) is 25.8 Å². The van der Waals surface area contributed by atoms with Gasteiger partial charge in [0.1, 0.15) is 11.5 Å². The van der Waals surface area contributed by atoms with Crippen molar-refractivity contribution >= 4 is 23.1 Å². The van der Waals surface area contributed by atoms with Crippen LogP contribution in [0.5, 0.6) is 5.75 Å². The predicted octanol–water partition coefficient (Wildman–Crippen LogP) is 6.02. The fourth-order valence-electron chi connectivity index (χ4n) is 4.63. The van der Waals surface area contributed by atoms with Crippen molar-refractivity contribution in [2.75, 3.05) is 11.5 Å². The Hall–Kier alpha value is -3.93. The number of nitrogens with zero attached hydrogens (tertiary/aromatic N) is 2. The molecule has 0 saturated carbocycles. The molecule has 3 aromatic rings. The average Bonchev–Trinajstić information content (AvgIpc) is 3.11. The Morgan fingerprint density at radius 1 is 1.08 bits per heavy atom. The molecule has 2 aromatic carbocycles. The summed E-state index contributed by atoms with van der Waals surface area (Å²) < 4.78 is 5.82. The second kappa shape index (κ2) is 9.61. The minimum absolute atomic E-state index is 0.0397. The highest BCUT2D eigenvalue weighted by atomic mass is 16.5. The number of hydrogen-bond acceptors (Lipinski definition) is 5. The number of pyridine rings is 1. The molecule has 6 nitrogen and oxygen atoms in total. The van der Waals surface area contributed by atoms with E-state index in [4.69, 9.17) is 4.74 Å². The van der Waals surface area contributed by atoms with Crippen LogP contribution < -0.4 is 9.64 Å². The van der Waals surface area contributed by atoms with Crippen LogP contribution >= 0.6 is 0 Å². The van der Waals surface area contributed by atoms with Gasteiger partial charge in [-0.3, -0.25) is 19.5 Å². The molecule has 0 bridgehead atoms. The number of carbonyl (C=O) groups is 2. The van der Waals surface area contributed by atoms with Crippen molar-refractivity contribution in [2.45, 2.75) is 53.0 Å². The van der Waals surface area contributed by atoms with Crippen LogP contribution in [0.15, 0.2) is 66.5 Å². The Kier molecular flexibility index (Phi) is 6.72. The summed E-state index contributed by atoms with van der Waals surface area (Å²) in [5, 5.41) is 11.6. The van der Waals surface area contributed by atoms with E-state index in [0.29, 0.717) is 23.4 Å². The van der Waals surface area contributed by atoms with E-state index in [1.165, 1.54) is 4.90 Å².